The third kappa shape index (κ3) is 9.39. The van der Waals surface area contributed by atoms with Gasteiger partial charge in [0.15, 0.2) is 0 Å². The first-order valence-electron chi connectivity index (χ1n) is 18.4. The zero-order valence-corrected chi connectivity index (χ0v) is 26.5. The van der Waals surface area contributed by atoms with E-state index in [1.165, 1.54) is 77.0 Å². The summed E-state index contributed by atoms with van der Waals surface area (Å²) >= 11 is 0. The summed E-state index contributed by atoms with van der Waals surface area (Å²) < 4.78 is 46.1. The second-order valence-corrected chi connectivity index (χ2v) is 15.2. The van der Waals surface area contributed by atoms with Crippen LogP contribution in [0, 0.1) is 47.3 Å². The molecule has 0 saturated heterocycles. The molecule has 7 atom stereocenters. The minimum atomic E-state index is -1.24. The van der Waals surface area contributed by atoms with Gasteiger partial charge in [-0.3, -0.25) is 0 Å². The molecule has 4 fully saturated rings. The van der Waals surface area contributed by atoms with Crippen LogP contribution in [0.2, 0.25) is 0 Å². The van der Waals surface area contributed by atoms with E-state index >= 15 is 8.78 Å². The third-order valence-corrected chi connectivity index (χ3v) is 12.6. The first-order valence-corrected chi connectivity index (χ1v) is 18.4. The monoisotopic (exact) mass is 567 g/mol. The Morgan fingerprint density at radius 3 is 1.48 bits per heavy atom. The van der Waals surface area contributed by atoms with Gasteiger partial charge in [-0.1, -0.05) is 104 Å². The molecule has 0 spiro atoms. The van der Waals surface area contributed by atoms with E-state index in [0.717, 1.165) is 83.0 Å². The van der Waals surface area contributed by atoms with Crippen molar-refractivity contribution in [3.63, 3.8) is 0 Å². The van der Waals surface area contributed by atoms with Crippen molar-refractivity contribution in [3.8, 4) is 0 Å². The van der Waals surface area contributed by atoms with E-state index in [1.54, 1.807) is 0 Å². The minimum Gasteiger partial charge on any atom is -0.247 e. The van der Waals surface area contributed by atoms with Gasteiger partial charge in [-0.25, -0.2) is 13.2 Å². The zero-order valence-electron chi connectivity index (χ0n) is 26.5. The summed E-state index contributed by atoms with van der Waals surface area (Å²) in [4.78, 5) is 0. The molecule has 0 aromatic carbocycles. The molecule has 0 aromatic rings. The third-order valence-electron chi connectivity index (χ3n) is 12.6. The molecule has 40 heavy (non-hydrogen) atoms. The van der Waals surface area contributed by atoms with Gasteiger partial charge in [-0.15, -0.1) is 0 Å². The van der Waals surface area contributed by atoms with Crippen molar-refractivity contribution >= 4 is 0 Å². The molecule has 0 N–H and O–H groups in total. The molecule has 4 aliphatic rings. The molecule has 0 nitrogen and oxygen atoms in total. The van der Waals surface area contributed by atoms with Gasteiger partial charge in [0.2, 0.25) is 0 Å². The van der Waals surface area contributed by atoms with Crippen LogP contribution in [0.3, 0.4) is 0 Å². The summed E-state index contributed by atoms with van der Waals surface area (Å²) in [5, 5.41) is 0. The number of unbranched alkanes of at least 4 members (excludes halogenated alkanes) is 5. The van der Waals surface area contributed by atoms with Crippen LogP contribution in [-0.4, -0.2) is 18.5 Å². The average Bonchev–Trinajstić information content (AvgIpc) is 2.97. The second-order valence-electron chi connectivity index (χ2n) is 15.2. The van der Waals surface area contributed by atoms with Crippen LogP contribution in [0.1, 0.15) is 168 Å². The SMILES string of the molecule is CCCCCCC1CCC(CCC2CCC(C3CCC(C4CCC(CCCCC)CC4)C(F)C3F)CC2)C(F)C1. The normalized spacial score (nSPS) is 41.2. The molecule has 0 bridgehead atoms. The van der Waals surface area contributed by atoms with E-state index < -0.39 is 18.5 Å². The van der Waals surface area contributed by atoms with E-state index in [1.807, 2.05) is 0 Å². The molecular formula is C37H65F3. The summed E-state index contributed by atoms with van der Waals surface area (Å²) in [5.74, 6) is 3.11. The average molecular weight is 567 g/mol. The van der Waals surface area contributed by atoms with Crippen LogP contribution in [0.5, 0.6) is 0 Å². The van der Waals surface area contributed by atoms with Crippen LogP contribution in [0.15, 0.2) is 0 Å². The molecule has 0 aromatic heterocycles. The summed E-state index contributed by atoms with van der Waals surface area (Å²) in [6.45, 7) is 4.51. The maximum atomic E-state index is 15.6. The lowest BCUT2D eigenvalue weighted by atomic mass is 9.63. The molecule has 4 rings (SSSR count). The minimum absolute atomic E-state index is 0.0285. The highest BCUT2D eigenvalue weighted by molar-refractivity contribution is 4.95. The van der Waals surface area contributed by atoms with Gasteiger partial charge >= 0.3 is 0 Å². The van der Waals surface area contributed by atoms with Crippen LogP contribution in [0.25, 0.3) is 0 Å². The predicted molar refractivity (Wildman–Crippen MR) is 165 cm³/mol. The predicted octanol–water partition coefficient (Wildman–Crippen LogP) is 12.4. The van der Waals surface area contributed by atoms with Gasteiger partial charge in [-0.05, 0) is 112 Å². The van der Waals surface area contributed by atoms with Crippen molar-refractivity contribution in [2.24, 2.45) is 47.3 Å². The standard InChI is InChI=1S/C37H65F3/c1-3-5-7-9-11-29-17-23-32(35(38)26-29)22-16-28-14-20-31(21-15-28)34-25-24-33(36(39)37(34)40)30-18-12-27(13-19-30)10-8-6-4-2/h27-37H,3-26H2,1-2H3. The summed E-state index contributed by atoms with van der Waals surface area (Å²) in [5.41, 5.74) is 0. The van der Waals surface area contributed by atoms with E-state index in [2.05, 4.69) is 13.8 Å². The van der Waals surface area contributed by atoms with Gasteiger partial charge in [0.1, 0.15) is 18.5 Å². The molecule has 0 radical (unpaired) electrons. The number of hydrogen-bond acceptors (Lipinski definition) is 0. The largest absolute Gasteiger partial charge is 0.247 e. The van der Waals surface area contributed by atoms with Crippen LogP contribution < -0.4 is 0 Å². The van der Waals surface area contributed by atoms with Gasteiger partial charge in [0, 0.05) is 0 Å². The van der Waals surface area contributed by atoms with Gasteiger partial charge in [0.05, 0.1) is 0 Å². The molecule has 0 heterocycles. The number of hydrogen-bond donors (Lipinski definition) is 0. The lowest BCUT2D eigenvalue weighted by Crippen LogP contribution is -2.45. The fraction of sp³-hybridized carbons (Fsp3) is 1.00. The molecule has 0 aliphatic heterocycles. The van der Waals surface area contributed by atoms with E-state index in [9.17, 15) is 4.39 Å². The molecule has 234 valence electrons. The van der Waals surface area contributed by atoms with Gasteiger partial charge in [0.25, 0.3) is 0 Å². The van der Waals surface area contributed by atoms with Crippen molar-refractivity contribution in [1.29, 1.82) is 0 Å². The van der Waals surface area contributed by atoms with Crippen molar-refractivity contribution in [2.45, 2.75) is 186 Å². The quantitative estimate of drug-likeness (QED) is 0.183. The Kier molecular flexibility index (Phi) is 14.0. The Labute approximate surface area is 246 Å². The lowest BCUT2D eigenvalue weighted by molar-refractivity contribution is -0.0373. The van der Waals surface area contributed by atoms with Crippen molar-refractivity contribution < 1.29 is 13.2 Å². The maximum absolute atomic E-state index is 15.6. The van der Waals surface area contributed by atoms with Crippen molar-refractivity contribution in [1.82, 2.24) is 0 Å². The van der Waals surface area contributed by atoms with Crippen LogP contribution in [0.4, 0.5) is 13.2 Å². The van der Waals surface area contributed by atoms with E-state index in [4.69, 9.17) is 0 Å². The fourth-order valence-electron chi connectivity index (χ4n) is 9.82. The molecule has 4 aliphatic carbocycles. The Balaban J connectivity index is 1.12. The number of rotatable bonds is 14. The molecule has 4 saturated carbocycles. The van der Waals surface area contributed by atoms with E-state index in [-0.39, 0.29) is 17.8 Å². The van der Waals surface area contributed by atoms with Crippen LogP contribution in [-0.2, 0) is 0 Å². The van der Waals surface area contributed by atoms with Gasteiger partial charge in [-0.2, -0.15) is 0 Å². The highest BCUT2D eigenvalue weighted by Crippen LogP contribution is 2.49. The smallest absolute Gasteiger partial charge is 0.134 e. The molecule has 0 amide bonds. The topological polar surface area (TPSA) is 0 Å². The van der Waals surface area contributed by atoms with Gasteiger partial charge < -0.3 is 0 Å². The van der Waals surface area contributed by atoms with Crippen molar-refractivity contribution in [2.75, 3.05) is 0 Å². The highest BCUT2D eigenvalue weighted by atomic mass is 19.2. The lowest BCUT2D eigenvalue weighted by Gasteiger charge is -2.45. The molecule has 7 unspecified atom stereocenters. The van der Waals surface area contributed by atoms with Crippen LogP contribution >= 0.6 is 0 Å². The zero-order chi connectivity index (χ0) is 28.3. The Hall–Kier alpha value is -0.210. The Morgan fingerprint density at radius 1 is 0.450 bits per heavy atom. The first kappa shape index (κ1) is 32.7. The first-order chi connectivity index (χ1) is 19.5. The molecular weight excluding hydrogens is 501 g/mol. The highest BCUT2D eigenvalue weighted by Gasteiger charge is 2.46. The summed E-state index contributed by atoms with van der Waals surface area (Å²) in [7, 11) is 0. The maximum Gasteiger partial charge on any atom is 0.134 e. The Morgan fingerprint density at radius 2 is 0.925 bits per heavy atom. The summed E-state index contributed by atoms with van der Waals surface area (Å²) in [6.07, 6.45) is 25.0. The molecule has 3 heteroatoms. The van der Waals surface area contributed by atoms with E-state index in [0.29, 0.717) is 23.7 Å². The fourth-order valence-corrected chi connectivity index (χ4v) is 9.82. The number of alkyl halides is 3. The second kappa shape index (κ2) is 17.2. The number of halogens is 3. The Bertz CT molecular complexity index is 664. The van der Waals surface area contributed by atoms with Crippen molar-refractivity contribution in [3.05, 3.63) is 0 Å². The summed E-state index contributed by atoms with van der Waals surface area (Å²) in [6, 6.07) is 0.